The number of benzene rings is 1. The average Bonchev–Trinajstić information content (AvgIpc) is 2.68. The summed E-state index contributed by atoms with van der Waals surface area (Å²) in [5.74, 6) is -0.309. The Hall–Kier alpha value is -1.27. The van der Waals surface area contributed by atoms with E-state index in [-0.39, 0.29) is 12.2 Å². The van der Waals surface area contributed by atoms with E-state index in [0.717, 1.165) is 16.5 Å². The highest BCUT2D eigenvalue weighted by Gasteiger charge is 2.24. The van der Waals surface area contributed by atoms with Gasteiger partial charge in [0, 0.05) is 6.26 Å². The Morgan fingerprint density at radius 3 is 2.67 bits per heavy atom. The fraction of sp³-hybridized carbons (Fsp3) is 0.333. The van der Waals surface area contributed by atoms with Gasteiger partial charge in [0.1, 0.15) is 10.3 Å². The number of rotatable bonds is 4. The molecule has 0 bridgehead atoms. The first-order valence-corrected chi connectivity index (χ1v) is 8.21. The van der Waals surface area contributed by atoms with Crippen LogP contribution < -0.4 is 0 Å². The van der Waals surface area contributed by atoms with Crippen LogP contribution in [0.4, 0.5) is 0 Å². The minimum absolute atomic E-state index is 0.0770. The van der Waals surface area contributed by atoms with Gasteiger partial charge in [-0.15, -0.1) is 11.3 Å². The maximum Gasteiger partial charge on any atom is 0.157 e. The topological polar surface area (TPSA) is 64.1 Å². The highest BCUT2D eigenvalue weighted by molar-refractivity contribution is 7.92. The molecule has 0 aliphatic carbocycles. The summed E-state index contributed by atoms with van der Waals surface area (Å²) in [4.78, 5) is 16.1. The van der Waals surface area contributed by atoms with Crippen molar-refractivity contribution in [1.82, 2.24) is 4.98 Å². The summed E-state index contributed by atoms with van der Waals surface area (Å²) in [7, 11) is -3.32. The number of fused-ring (bicyclic) bond motifs is 1. The molecular weight excluding hydrogens is 270 g/mol. The first-order valence-electron chi connectivity index (χ1n) is 5.44. The van der Waals surface area contributed by atoms with Crippen LogP contribution in [0, 0.1) is 0 Å². The molecule has 0 N–H and O–H groups in total. The van der Waals surface area contributed by atoms with Gasteiger partial charge in [-0.25, -0.2) is 13.4 Å². The number of aromatic nitrogens is 1. The van der Waals surface area contributed by atoms with Crippen LogP contribution >= 0.6 is 11.3 Å². The minimum atomic E-state index is -3.32. The van der Waals surface area contributed by atoms with Crippen molar-refractivity contribution >= 4 is 37.2 Å². The quantitative estimate of drug-likeness (QED) is 0.859. The molecule has 0 saturated carbocycles. The second kappa shape index (κ2) is 4.78. The van der Waals surface area contributed by atoms with E-state index >= 15 is 0 Å². The van der Waals surface area contributed by atoms with Crippen LogP contribution in [-0.4, -0.2) is 30.7 Å². The summed E-state index contributed by atoms with van der Waals surface area (Å²) in [6, 6.07) is 7.60. The van der Waals surface area contributed by atoms with Crippen molar-refractivity contribution in [2.45, 2.75) is 18.6 Å². The van der Waals surface area contributed by atoms with Crippen LogP contribution in [0.3, 0.4) is 0 Å². The number of thiazole rings is 1. The van der Waals surface area contributed by atoms with Crippen LogP contribution in [0.1, 0.15) is 11.9 Å². The van der Waals surface area contributed by atoms with Gasteiger partial charge in [-0.05, 0) is 19.1 Å². The molecule has 0 amide bonds. The van der Waals surface area contributed by atoms with Gasteiger partial charge >= 0.3 is 0 Å². The van der Waals surface area contributed by atoms with Crippen molar-refractivity contribution in [1.29, 1.82) is 0 Å². The smallest absolute Gasteiger partial charge is 0.157 e. The first-order chi connectivity index (χ1) is 8.38. The molecule has 1 heterocycles. The van der Waals surface area contributed by atoms with E-state index in [2.05, 4.69) is 4.98 Å². The zero-order valence-electron chi connectivity index (χ0n) is 10.1. The number of carbonyl (C=O) groups excluding carboxylic acids is 1. The Morgan fingerprint density at radius 1 is 1.39 bits per heavy atom. The molecule has 0 radical (unpaired) electrons. The lowest BCUT2D eigenvalue weighted by molar-refractivity contribution is -0.117. The van der Waals surface area contributed by atoms with Gasteiger partial charge in [0.05, 0.1) is 16.6 Å². The predicted molar refractivity (Wildman–Crippen MR) is 72.6 cm³/mol. The maximum atomic E-state index is 11.8. The third kappa shape index (κ3) is 2.76. The van der Waals surface area contributed by atoms with Gasteiger partial charge in [0.15, 0.2) is 15.6 Å². The summed E-state index contributed by atoms with van der Waals surface area (Å²) >= 11 is 1.43. The highest BCUT2D eigenvalue weighted by Crippen LogP contribution is 2.22. The van der Waals surface area contributed by atoms with Crippen LogP contribution in [0.5, 0.6) is 0 Å². The second-order valence-corrected chi connectivity index (χ2v) is 7.67. The number of para-hydroxylation sites is 1. The molecule has 1 unspecified atom stereocenters. The number of hydrogen-bond acceptors (Lipinski definition) is 5. The average molecular weight is 283 g/mol. The third-order valence-electron chi connectivity index (χ3n) is 2.76. The lowest BCUT2D eigenvalue weighted by atomic mass is 10.2. The number of Topliss-reactive ketones (excluding diaryl/α,β-unsaturated/α-hetero) is 1. The molecule has 2 rings (SSSR count). The van der Waals surface area contributed by atoms with E-state index in [4.69, 9.17) is 0 Å². The summed E-state index contributed by atoms with van der Waals surface area (Å²) in [5.41, 5.74) is 0.845. The van der Waals surface area contributed by atoms with Gasteiger partial charge in [0.2, 0.25) is 0 Å². The molecule has 0 spiro atoms. The fourth-order valence-corrected chi connectivity index (χ4v) is 3.07. The Labute approximate surface area is 110 Å². The van der Waals surface area contributed by atoms with Gasteiger partial charge in [-0.3, -0.25) is 4.79 Å². The SMILES string of the molecule is CC(C(=O)Cc1nc2ccccc2s1)S(C)(=O)=O. The van der Waals surface area contributed by atoms with Crippen molar-refractivity contribution in [2.24, 2.45) is 0 Å². The lowest BCUT2D eigenvalue weighted by Gasteiger charge is -2.05. The molecule has 0 aliphatic rings. The second-order valence-electron chi connectivity index (χ2n) is 4.19. The number of ketones is 1. The third-order valence-corrected chi connectivity index (χ3v) is 5.34. The maximum absolute atomic E-state index is 11.8. The molecule has 0 fully saturated rings. The van der Waals surface area contributed by atoms with Crippen LogP contribution in [0.25, 0.3) is 10.2 Å². The molecule has 1 aromatic carbocycles. The van der Waals surface area contributed by atoms with E-state index in [1.165, 1.54) is 18.3 Å². The van der Waals surface area contributed by atoms with E-state index < -0.39 is 15.1 Å². The zero-order chi connectivity index (χ0) is 13.3. The van der Waals surface area contributed by atoms with Crippen molar-refractivity contribution < 1.29 is 13.2 Å². The van der Waals surface area contributed by atoms with Crippen LogP contribution in [0.2, 0.25) is 0 Å². The standard InChI is InChI=1S/C12H13NO3S2/c1-8(18(2,15)16)10(14)7-12-13-9-5-3-4-6-11(9)17-12/h3-6,8H,7H2,1-2H3. The predicted octanol–water partition coefficient (Wildman–Crippen LogP) is 1.84. The molecule has 1 aromatic heterocycles. The largest absolute Gasteiger partial charge is 0.298 e. The molecule has 6 heteroatoms. The Bertz CT molecular complexity index is 655. The van der Waals surface area contributed by atoms with Crippen LogP contribution in [0.15, 0.2) is 24.3 Å². The van der Waals surface area contributed by atoms with Gasteiger partial charge in [0.25, 0.3) is 0 Å². The van der Waals surface area contributed by atoms with E-state index in [9.17, 15) is 13.2 Å². The number of carbonyl (C=O) groups is 1. The molecule has 18 heavy (non-hydrogen) atoms. The molecule has 0 aliphatic heterocycles. The van der Waals surface area contributed by atoms with Gasteiger partial charge < -0.3 is 0 Å². The molecule has 2 aromatic rings. The number of nitrogens with zero attached hydrogens (tertiary/aromatic N) is 1. The van der Waals surface area contributed by atoms with Crippen molar-refractivity contribution in [3.63, 3.8) is 0 Å². The van der Waals surface area contributed by atoms with E-state index in [1.807, 2.05) is 24.3 Å². The molecule has 96 valence electrons. The van der Waals surface area contributed by atoms with Crippen molar-refractivity contribution in [2.75, 3.05) is 6.26 Å². The molecule has 4 nitrogen and oxygen atoms in total. The fourth-order valence-electron chi connectivity index (χ4n) is 1.53. The molecule has 1 atom stereocenters. The van der Waals surface area contributed by atoms with E-state index in [1.54, 1.807) is 0 Å². The minimum Gasteiger partial charge on any atom is -0.298 e. The van der Waals surface area contributed by atoms with E-state index in [0.29, 0.717) is 5.01 Å². The zero-order valence-corrected chi connectivity index (χ0v) is 11.7. The van der Waals surface area contributed by atoms with Crippen LogP contribution in [-0.2, 0) is 21.1 Å². The first kappa shape index (κ1) is 13.2. The van der Waals surface area contributed by atoms with Crippen molar-refractivity contribution in [3.8, 4) is 0 Å². The Morgan fingerprint density at radius 2 is 2.06 bits per heavy atom. The van der Waals surface area contributed by atoms with Gasteiger partial charge in [-0.2, -0.15) is 0 Å². The molecule has 0 saturated heterocycles. The Kier molecular flexibility index (Phi) is 3.49. The van der Waals surface area contributed by atoms with Crippen molar-refractivity contribution in [3.05, 3.63) is 29.3 Å². The monoisotopic (exact) mass is 283 g/mol. The normalized spacial score (nSPS) is 13.7. The lowest BCUT2D eigenvalue weighted by Crippen LogP contribution is -2.27. The summed E-state index contributed by atoms with van der Waals surface area (Å²) < 4.78 is 23.6. The summed E-state index contributed by atoms with van der Waals surface area (Å²) in [6.07, 6.45) is 1.15. The summed E-state index contributed by atoms with van der Waals surface area (Å²) in [5, 5.41) is -0.304. The molecular formula is C12H13NO3S2. The summed E-state index contributed by atoms with van der Waals surface area (Å²) in [6.45, 7) is 1.42. The Balaban J connectivity index is 2.22. The number of sulfone groups is 1. The van der Waals surface area contributed by atoms with Gasteiger partial charge in [-0.1, -0.05) is 12.1 Å². The highest BCUT2D eigenvalue weighted by atomic mass is 32.2. The number of hydrogen-bond donors (Lipinski definition) is 0.